The van der Waals surface area contributed by atoms with E-state index >= 15 is 0 Å². The van der Waals surface area contributed by atoms with Gasteiger partial charge in [-0.05, 0) is 48.5 Å². The van der Waals surface area contributed by atoms with Gasteiger partial charge in [0.05, 0.1) is 0 Å². The number of benzene rings is 2. The first-order chi connectivity index (χ1) is 10.3. The van der Waals surface area contributed by atoms with Gasteiger partial charge in [0.1, 0.15) is 23.1 Å². The molecular weight excluding hydrogens is 262 g/mol. The highest BCUT2D eigenvalue weighted by molar-refractivity contribution is 5.58. The molecule has 0 fully saturated rings. The van der Waals surface area contributed by atoms with Gasteiger partial charge in [0.15, 0.2) is 0 Å². The van der Waals surface area contributed by atoms with Crippen LogP contribution in [0.1, 0.15) is 0 Å². The Kier molecular flexibility index (Phi) is 3.69. The lowest BCUT2D eigenvalue weighted by Gasteiger charge is -2.08. The van der Waals surface area contributed by atoms with E-state index in [1.807, 2.05) is 66.7 Å². The van der Waals surface area contributed by atoms with Crippen molar-refractivity contribution in [3.8, 4) is 11.5 Å². The molecule has 3 aromatic rings. The number of nitrogens with zero attached hydrogens (tertiary/aromatic N) is 1. The molecule has 0 atom stereocenters. The minimum absolute atomic E-state index is 0.490. The molecule has 0 saturated heterocycles. The first-order valence-electron chi connectivity index (χ1n) is 6.62. The van der Waals surface area contributed by atoms with Crippen LogP contribution in [0.25, 0.3) is 0 Å². The average Bonchev–Trinajstić information content (AvgIpc) is 2.50. The molecule has 3 rings (SSSR count). The molecule has 21 heavy (non-hydrogen) atoms. The number of anilines is 3. The van der Waals surface area contributed by atoms with Crippen LogP contribution in [0.15, 0.2) is 72.8 Å². The van der Waals surface area contributed by atoms with Crippen LogP contribution in [-0.2, 0) is 0 Å². The Labute approximate surface area is 123 Å². The van der Waals surface area contributed by atoms with E-state index < -0.39 is 0 Å². The number of aromatic nitrogens is 1. The van der Waals surface area contributed by atoms with Gasteiger partial charge in [-0.2, -0.15) is 0 Å². The number of nitrogens with two attached hydrogens (primary N) is 1. The largest absolute Gasteiger partial charge is 0.457 e. The highest BCUT2D eigenvalue weighted by Crippen LogP contribution is 2.23. The van der Waals surface area contributed by atoms with E-state index in [2.05, 4.69) is 10.3 Å². The summed E-state index contributed by atoms with van der Waals surface area (Å²) in [4.78, 5) is 4.19. The Morgan fingerprint density at radius 1 is 0.762 bits per heavy atom. The summed E-state index contributed by atoms with van der Waals surface area (Å²) in [5.41, 5.74) is 6.58. The number of ether oxygens (including phenoxy) is 1. The fourth-order valence-corrected chi connectivity index (χ4v) is 1.90. The van der Waals surface area contributed by atoms with Crippen molar-refractivity contribution < 1.29 is 4.74 Å². The predicted octanol–water partition coefficient (Wildman–Crippen LogP) is 4.20. The molecular formula is C17H15N3O. The lowest BCUT2D eigenvalue weighted by atomic mass is 10.3. The van der Waals surface area contributed by atoms with Gasteiger partial charge < -0.3 is 15.8 Å². The first kappa shape index (κ1) is 13.0. The fourth-order valence-electron chi connectivity index (χ4n) is 1.90. The molecule has 0 saturated carbocycles. The van der Waals surface area contributed by atoms with Gasteiger partial charge in [0, 0.05) is 5.69 Å². The Morgan fingerprint density at radius 3 is 2.19 bits per heavy atom. The van der Waals surface area contributed by atoms with Crippen LogP contribution in [0.4, 0.5) is 17.3 Å². The summed E-state index contributed by atoms with van der Waals surface area (Å²) in [7, 11) is 0. The molecule has 1 aromatic heterocycles. The number of hydrogen-bond acceptors (Lipinski definition) is 4. The predicted molar refractivity (Wildman–Crippen MR) is 84.9 cm³/mol. The van der Waals surface area contributed by atoms with Crippen molar-refractivity contribution in [2.75, 3.05) is 11.1 Å². The van der Waals surface area contributed by atoms with E-state index in [0.29, 0.717) is 11.6 Å². The van der Waals surface area contributed by atoms with E-state index in [-0.39, 0.29) is 0 Å². The number of hydrogen-bond donors (Lipinski definition) is 2. The number of nitrogens with one attached hydrogen (secondary N) is 1. The zero-order valence-corrected chi connectivity index (χ0v) is 11.4. The molecule has 1 heterocycles. The summed E-state index contributed by atoms with van der Waals surface area (Å²) in [6, 6.07) is 22.8. The van der Waals surface area contributed by atoms with Gasteiger partial charge in [0.2, 0.25) is 0 Å². The van der Waals surface area contributed by atoms with E-state index in [9.17, 15) is 0 Å². The van der Waals surface area contributed by atoms with Gasteiger partial charge in [-0.25, -0.2) is 4.98 Å². The summed E-state index contributed by atoms with van der Waals surface area (Å²) >= 11 is 0. The fraction of sp³-hybridized carbons (Fsp3) is 0. The second-order valence-corrected chi connectivity index (χ2v) is 4.51. The van der Waals surface area contributed by atoms with Crippen molar-refractivity contribution in [3.63, 3.8) is 0 Å². The van der Waals surface area contributed by atoms with Gasteiger partial charge >= 0.3 is 0 Å². The molecule has 104 valence electrons. The summed E-state index contributed by atoms with van der Waals surface area (Å²) in [6.45, 7) is 0. The lowest BCUT2D eigenvalue weighted by Crippen LogP contribution is -1.96. The molecule has 4 heteroatoms. The minimum atomic E-state index is 0.490. The third-order valence-electron chi connectivity index (χ3n) is 2.88. The number of para-hydroxylation sites is 1. The van der Waals surface area contributed by atoms with E-state index in [1.165, 1.54) is 0 Å². The monoisotopic (exact) mass is 277 g/mol. The molecule has 0 spiro atoms. The standard InChI is InChI=1S/C17H15N3O/c18-16-7-4-8-17(20-16)19-13-9-11-15(12-10-13)21-14-5-2-1-3-6-14/h1-12H,(H3,18,19,20). The molecule has 2 aromatic carbocycles. The molecule has 0 radical (unpaired) electrons. The van der Waals surface area contributed by atoms with Crippen LogP contribution in [0, 0.1) is 0 Å². The van der Waals surface area contributed by atoms with Crippen LogP contribution in [0.5, 0.6) is 11.5 Å². The van der Waals surface area contributed by atoms with Gasteiger partial charge in [-0.1, -0.05) is 24.3 Å². The van der Waals surface area contributed by atoms with Crippen LogP contribution >= 0.6 is 0 Å². The molecule has 0 aliphatic heterocycles. The lowest BCUT2D eigenvalue weighted by molar-refractivity contribution is 0.483. The SMILES string of the molecule is Nc1cccc(Nc2ccc(Oc3ccccc3)cc2)n1. The maximum atomic E-state index is 5.74. The topological polar surface area (TPSA) is 60.2 Å². The second-order valence-electron chi connectivity index (χ2n) is 4.51. The van der Waals surface area contributed by atoms with Crippen LogP contribution in [0.3, 0.4) is 0 Å². The Morgan fingerprint density at radius 2 is 1.48 bits per heavy atom. The Hall–Kier alpha value is -3.01. The van der Waals surface area contributed by atoms with E-state index in [0.717, 1.165) is 17.2 Å². The normalized spacial score (nSPS) is 10.1. The van der Waals surface area contributed by atoms with Crippen molar-refractivity contribution in [2.24, 2.45) is 0 Å². The van der Waals surface area contributed by atoms with Crippen molar-refractivity contribution in [3.05, 3.63) is 72.8 Å². The molecule has 3 N–H and O–H groups in total. The Bertz CT molecular complexity index is 712. The molecule has 0 aliphatic rings. The van der Waals surface area contributed by atoms with E-state index in [1.54, 1.807) is 6.07 Å². The molecule has 0 aliphatic carbocycles. The minimum Gasteiger partial charge on any atom is -0.457 e. The molecule has 4 nitrogen and oxygen atoms in total. The zero-order chi connectivity index (χ0) is 14.5. The second kappa shape index (κ2) is 5.96. The third kappa shape index (κ3) is 3.51. The van der Waals surface area contributed by atoms with Crippen molar-refractivity contribution >= 4 is 17.3 Å². The molecule has 0 amide bonds. The zero-order valence-electron chi connectivity index (χ0n) is 11.4. The summed E-state index contributed by atoms with van der Waals surface area (Å²) in [5, 5.41) is 3.19. The smallest absolute Gasteiger partial charge is 0.132 e. The van der Waals surface area contributed by atoms with Crippen molar-refractivity contribution in [1.82, 2.24) is 4.98 Å². The summed E-state index contributed by atoms with van der Waals surface area (Å²) < 4.78 is 5.74. The summed E-state index contributed by atoms with van der Waals surface area (Å²) in [5.74, 6) is 2.80. The van der Waals surface area contributed by atoms with Crippen molar-refractivity contribution in [1.29, 1.82) is 0 Å². The highest BCUT2D eigenvalue weighted by Gasteiger charge is 1.99. The van der Waals surface area contributed by atoms with Crippen molar-refractivity contribution in [2.45, 2.75) is 0 Å². The van der Waals surface area contributed by atoms with Crippen LogP contribution in [-0.4, -0.2) is 4.98 Å². The maximum absolute atomic E-state index is 5.74. The third-order valence-corrected chi connectivity index (χ3v) is 2.88. The first-order valence-corrected chi connectivity index (χ1v) is 6.62. The van der Waals surface area contributed by atoms with Gasteiger partial charge in [-0.15, -0.1) is 0 Å². The van der Waals surface area contributed by atoms with Gasteiger partial charge in [-0.3, -0.25) is 0 Å². The summed E-state index contributed by atoms with van der Waals surface area (Å²) in [6.07, 6.45) is 0. The average molecular weight is 277 g/mol. The number of rotatable bonds is 4. The Balaban J connectivity index is 1.69. The van der Waals surface area contributed by atoms with Crippen LogP contribution < -0.4 is 15.8 Å². The van der Waals surface area contributed by atoms with E-state index in [4.69, 9.17) is 10.5 Å². The van der Waals surface area contributed by atoms with Gasteiger partial charge in [0.25, 0.3) is 0 Å². The van der Waals surface area contributed by atoms with Crippen LogP contribution in [0.2, 0.25) is 0 Å². The quantitative estimate of drug-likeness (QED) is 0.750. The number of pyridine rings is 1. The molecule has 0 unspecified atom stereocenters. The highest BCUT2D eigenvalue weighted by atomic mass is 16.5. The molecule has 0 bridgehead atoms. The number of nitrogen functional groups attached to an aromatic ring is 1. The maximum Gasteiger partial charge on any atom is 0.132 e.